The molecule has 0 bridgehead atoms. The van der Waals surface area contributed by atoms with Crippen molar-refractivity contribution in [2.75, 3.05) is 26.7 Å². The molecule has 2 rings (SSSR count). The lowest BCUT2D eigenvalue weighted by molar-refractivity contribution is 0.134. The van der Waals surface area contributed by atoms with Gasteiger partial charge in [-0.15, -0.1) is 0 Å². The van der Waals surface area contributed by atoms with Gasteiger partial charge in [0.25, 0.3) is 0 Å². The van der Waals surface area contributed by atoms with Gasteiger partial charge in [-0.25, -0.2) is 0 Å². The molecule has 2 heteroatoms. The summed E-state index contributed by atoms with van der Waals surface area (Å²) in [7, 11) is 2.30. The Morgan fingerprint density at radius 3 is 2.35 bits per heavy atom. The maximum absolute atomic E-state index is 3.33. The van der Waals surface area contributed by atoms with Crippen LogP contribution in [0.25, 0.3) is 0 Å². The summed E-state index contributed by atoms with van der Waals surface area (Å²) in [5.74, 6) is 0. The molecule has 1 saturated carbocycles. The lowest BCUT2D eigenvalue weighted by Crippen LogP contribution is -2.40. The fourth-order valence-corrected chi connectivity index (χ4v) is 2.99. The van der Waals surface area contributed by atoms with Crippen LogP contribution in [-0.4, -0.2) is 37.6 Å². The summed E-state index contributed by atoms with van der Waals surface area (Å²) < 4.78 is 0. The molecule has 2 aliphatic rings. The summed E-state index contributed by atoms with van der Waals surface area (Å²) in [5.41, 5.74) is 3.81. The van der Waals surface area contributed by atoms with E-state index in [1.165, 1.54) is 32.2 Å². The lowest BCUT2D eigenvalue weighted by Gasteiger charge is -2.39. The Hall–Kier alpha value is -0.340. The number of hydrogen-bond acceptors (Lipinski definition) is 2. The molecule has 1 saturated heterocycles. The summed E-state index contributed by atoms with van der Waals surface area (Å²) in [6.07, 6.45) is 5.53. The second-order valence-corrected chi connectivity index (χ2v) is 6.80. The molecule has 17 heavy (non-hydrogen) atoms. The van der Waals surface area contributed by atoms with E-state index in [4.69, 9.17) is 0 Å². The number of nitrogens with zero attached hydrogens (tertiary/aromatic N) is 1. The van der Waals surface area contributed by atoms with Crippen LogP contribution in [0.1, 0.15) is 46.5 Å². The first-order valence-electron chi connectivity index (χ1n) is 7.06. The van der Waals surface area contributed by atoms with Crippen LogP contribution in [0.2, 0.25) is 0 Å². The van der Waals surface area contributed by atoms with Crippen molar-refractivity contribution in [3.63, 3.8) is 0 Å². The third kappa shape index (κ3) is 3.32. The van der Waals surface area contributed by atoms with E-state index in [2.05, 4.69) is 38.0 Å². The average Bonchev–Trinajstić information content (AvgIpc) is 2.13. The Morgan fingerprint density at radius 1 is 1.29 bits per heavy atom. The third-order valence-electron chi connectivity index (χ3n) is 4.70. The SMILES string of the molecule is CC(CN(C)C1CCC(C)(C)CC1)=C1CNC1. The van der Waals surface area contributed by atoms with Gasteiger partial charge in [0, 0.05) is 25.7 Å². The van der Waals surface area contributed by atoms with E-state index in [0.29, 0.717) is 5.41 Å². The summed E-state index contributed by atoms with van der Waals surface area (Å²) >= 11 is 0. The molecule has 1 heterocycles. The Bertz CT molecular complexity index is 288. The van der Waals surface area contributed by atoms with Crippen LogP contribution in [0.4, 0.5) is 0 Å². The number of hydrogen-bond donors (Lipinski definition) is 1. The predicted molar refractivity (Wildman–Crippen MR) is 74.2 cm³/mol. The molecule has 0 aromatic heterocycles. The normalized spacial score (nSPS) is 24.9. The minimum Gasteiger partial charge on any atom is -0.309 e. The zero-order valence-electron chi connectivity index (χ0n) is 12.0. The van der Waals surface area contributed by atoms with E-state index >= 15 is 0 Å². The Kier molecular flexibility index (Phi) is 3.94. The Morgan fingerprint density at radius 2 is 1.88 bits per heavy atom. The maximum Gasteiger partial charge on any atom is 0.0193 e. The second-order valence-electron chi connectivity index (χ2n) is 6.80. The molecule has 1 aliphatic carbocycles. The van der Waals surface area contributed by atoms with Crippen LogP contribution >= 0.6 is 0 Å². The third-order valence-corrected chi connectivity index (χ3v) is 4.70. The highest BCUT2D eigenvalue weighted by Crippen LogP contribution is 2.36. The van der Waals surface area contributed by atoms with Gasteiger partial charge in [-0.1, -0.05) is 19.4 Å². The van der Waals surface area contributed by atoms with Crippen LogP contribution in [0.3, 0.4) is 0 Å². The van der Waals surface area contributed by atoms with Crippen molar-refractivity contribution in [3.8, 4) is 0 Å². The average molecular weight is 236 g/mol. The number of rotatable bonds is 3. The highest BCUT2D eigenvalue weighted by molar-refractivity contribution is 5.22. The summed E-state index contributed by atoms with van der Waals surface area (Å²) in [6, 6.07) is 0.812. The standard InChI is InChI=1S/C15H28N2/c1-12(13-9-16-10-13)11-17(4)14-5-7-15(2,3)8-6-14/h14,16H,5-11H2,1-4H3. The van der Waals surface area contributed by atoms with Gasteiger partial charge in [-0.05, 0) is 50.6 Å². The van der Waals surface area contributed by atoms with Crippen molar-refractivity contribution in [1.82, 2.24) is 10.2 Å². The van der Waals surface area contributed by atoms with Crippen molar-refractivity contribution in [3.05, 3.63) is 11.1 Å². The lowest BCUT2D eigenvalue weighted by atomic mass is 9.75. The van der Waals surface area contributed by atoms with E-state index in [0.717, 1.165) is 19.1 Å². The molecule has 0 atom stereocenters. The highest BCUT2D eigenvalue weighted by Gasteiger charge is 2.28. The van der Waals surface area contributed by atoms with Gasteiger partial charge in [-0.2, -0.15) is 0 Å². The largest absolute Gasteiger partial charge is 0.309 e. The molecule has 0 amide bonds. The first kappa shape index (κ1) is 13.1. The van der Waals surface area contributed by atoms with Crippen molar-refractivity contribution >= 4 is 0 Å². The number of likely N-dealkylation sites (N-methyl/N-ethyl adjacent to an activating group) is 1. The Labute approximate surface area is 106 Å². The highest BCUT2D eigenvalue weighted by atomic mass is 15.1. The molecule has 0 radical (unpaired) electrons. The molecule has 2 nitrogen and oxygen atoms in total. The molecule has 0 aromatic rings. The topological polar surface area (TPSA) is 15.3 Å². The van der Waals surface area contributed by atoms with E-state index in [-0.39, 0.29) is 0 Å². The molecule has 1 N–H and O–H groups in total. The van der Waals surface area contributed by atoms with E-state index in [1.807, 2.05) is 0 Å². The van der Waals surface area contributed by atoms with Gasteiger partial charge >= 0.3 is 0 Å². The van der Waals surface area contributed by atoms with Crippen molar-refractivity contribution in [1.29, 1.82) is 0 Å². The monoisotopic (exact) mass is 236 g/mol. The van der Waals surface area contributed by atoms with E-state index in [9.17, 15) is 0 Å². The zero-order valence-corrected chi connectivity index (χ0v) is 12.0. The van der Waals surface area contributed by atoms with Gasteiger partial charge in [0.2, 0.25) is 0 Å². The fourth-order valence-electron chi connectivity index (χ4n) is 2.99. The molecule has 1 aliphatic heterocycles. The van der Waals surface area contributed by atoms with Crippen LogP contribution in [0.15, 0.2) is 11.1 Å². The van der Waals surface area contributed by atoms with Crippen LogP contribution in [0, 0.1) is 5.41 Å². The smallest absolute Gasteiger partial charge is 0.0193 e. The van der Waals surface area contributed by atoms with Gasteiger partial charge in [0.1, 0.15) is 0 Å². The second kappa shape index (κ2) is 5.11. The number of nitrogens with one attached hydrogen (secondary N) is 1. The van der Waals surface area contributed by atoms with Crippen molar-refractivity contribution in [2.45, 2.75) is 52.5 Å². The minimum absolute atomic E-state index is 0.586. The van der Waals surface area contributed by atoms with E-state index < -0.39 is 0 Å². The molecule has 0 aromatic carbocycles. The van der Waals surface area contributed by atoms with Crippen LogP contribution in [0.5, 0.6) is 0 Å². The van der Waals surface area contributed by atoms with Gasteiger partial charge in [0.15, 0.2) is 0 Å². The first-order valence-corrected chi connectivity index (χ1v) is 7.06. The summed E-state index contributed by atoms with van der Waals surface area (Å²) in [5, 5.41) is 3.33. The minimum atomic E-state index is 0.586. The summed E-state index contributed by atoms with van der Waals surface area (Å²) in [4.78, 5) is 2.58. The van der Waals surface area contributed by atoms with E-state index in [1.54, 1.807) is 11.1 Å². The molecule has 2 fully saturated rings. The first-order chi connectivity index (χ1) is 7.98. The Balaban J connectivity index is 1.82. The molecular formula is C15H28N2. The summed E-state index contributed by atoms with van der Waals surface area (Å²) in [6.45, 7) is 10.5. The molecule has 0 unspecified atom stereocenters. The van der Waals surface area contributed by atoms with Gasteiger partial charge in [-0.3, -0.25) is 4.90 Å². The quantitative estimate of drug-likeness (QED) is 0.758. The predicted octanol–water partition coefficient (Wildman–Crippen LogP) is 2.81. The fraction of sp³-hybridized carbons (Fsp3) is 0.867. The van der Waals surface area contributed by atoms with Crippen LogP contribution < -0.4 is 5.32 Å². The van der Waals surface area contributed by atoms with Crippen molar-refractivity contribution in [2.24, 2.45) is 5.41 Å². The van der Waals surface area contributed by atoms with Crippen LogP contribution in [-0.2, 0) is 0 Å². The molecular weight excluding hydrogens is 208 g/mol. The zero-order chi connectivity index (χ0) is 12.5. The van der Waals surface area contributed by atoms with Gasteiger partial charge < -0.3 is 5.32 Å². The maximum atomic E-state index is 3.33. The molecule has 98 valence electrons. The molecule has 0 spiro atoms. The van der Waals surface area contributed by atoms with Crippen molar-refractivity contribution < 1.29 is 0 Å². The van der Waals surface area contributed by atoms with Gasteiger partial charge in [0.05, 0.1) is 0 Å².